The number of ketones is 1. The molecule has 0 fully saturated rings. The topological polar surface area (TPSA) is 89.5 Å². The fraction of sp³-hybridized carbons (Fsp3) is 0.300. The zero-order valence-electron chi connectivity index (χ0n) is 15.8. The van der Waals surface area contributed by atoms with Crippen LogP contribution in [0.2, 0.25) is 0 Å². The molecule has 0 aromatic heterocycles. The van der Waals surface area contributed by atoms with Crippen LogP contribution in [0, 0.1) is 27.7 Å². The second kappa shape index (κ2) is 8.45. The Balaban J connectivity index is 1.98. The minimum atomic E-state index is -3.81. The van der Waals surface area contributed by atoms with Gasteiger partial charge in [-0.05, 0) is 62.1 Å². The Morgan fingerprint density at radius 3 is 2.07 bits per heavy atom. The number of hydrogen-bond donors (Lipinski definition) is 1. The van der Waals surface area contributed by atoms with Crippen LogP contribution < -0.4 is 4.72 Å². The zero-order chi connectivity index (χ0) is 20.2. The van der Waals surface area contributed by atoms with Crippen LogP contribution in [0.5, 0.6) is 0 Å². The SMILES string of the molecule is Cc1cc(C)c(C)c(C(=O)COC(=O)CNS(=O)(=O)c2ccccc2)c1C. The lowest BCUT2D eigenvalue weighted by atomic mass is 9.92. The van der Waals surface area contributed by atoms with E-state index in [2.05, 4.69) is 4.72 Å². The van der Waals surface area contributed by atoms with E-state index in [1.54, 1.807) is 18.2 Å². The Morgan fingerprint density at radius 2 is 1.52 bits per heavy atom. The van der Waals surface area contributed by atoms with Crippen LogP contribution in [0.25, 0.3) is 0 Å². The number of carbonyl (C=O) groups is 2. The minimum Gasteiger partial charge on any atom is -0.456 e. The first-order chi connectivity index (χ1) is 12.6. The molecule has 2 aromatic carbocycles. The molecule has 0 aliphatic rings. The number of sulfonamides is 1. The van der Waals surface area contributed by atoms with Gasteiger partial charge in [0.2, 0.25) is 15.8 Å². The zero-order valence-corrected chi connectivity index (χ0v) is 16.6. The van der Waals surface area contributed by atoms with Crippen LogP contribution in [0.3, 0.4) is 0 Å². The smallest absolute Gasteiger partial charge is 0.321 e. The molecule has 0 radical (unpaired) electrons. The summed E-state index contributed by atoms with van der Waals surface area (Å²) < 4.78 is 31.3. The van der Waals surface area contributed by atoms with E-state index in [0.717, 1.165) is 22.3 Å². The summed E-state index contributed by atoms with van der Waals surface area (Å²) in [4.78, 5) is 24.4. The molecule has 0 aliphatic heterocycles. The summed E-state index contributed by atoms with van der Waals surface area (Å²) >= 11 is 0. The van der Waals surface area contributed by atoms with Crippen molar-refractivity contribution >= 4 is 21.8 Å². The number of esters is 1. The van der Waals surface area contributed by atoms with E-state index in [-0.39, 0.29) is 10.7 Å². The second-order valence-electron chi connectivity index (χ2n) is 6.36. The number of Topliss-reactive ketones (excluding diaryl/α,β-unsaturated/α-hetero) is 1. The van der Waals surface area contributed by atoms with Gasteiger partial charge in [-0.2, -0.15) is 4.72 Å². The highest BCUT2D eigenvalue weighted by atomic mass is 32.2. The second-order valence-corrected chi connectivity index (χ2v) is 8.12. The molecule has 0 saturated carbocycles. The van der Waals surface area contributed by atoms with Crippen molar-refractivity contribution in [2.45, 2.75) is 32.6 Å². The van der Waals surface area contributed by atoms with Crippen molar-refractivity contribution in [3.8, 4) is 0 Å². The van der Waals surface area contributed by atoms with Gasteiger partial charge in [0.1, 0.15) is 6.54 Å². The van der Waals surface area contributed by atoms with E-state index in [9.17, 15) is 18.0 Å². The molecule has 2 aromatic rings. The number of benzene rings is 2. The third-order valence-electron chi connectivity index (χ3n) is 4.47. The Bertz CT molecular complexity index is 939. The Labute approximate surface area is 159 Å². The van der Waals surface area contributed by atoms with Crippen molar-refractivity contribution in [1.29, 1.82) is 0 Å². The average Bonchev–Trinajstić information content (AvgIpc) is 2.64. The molecule has 7 heteroatoms. The largest absolute Gasteiger partial charge is 0.456 e. The van der Waals surface area contributed by atoms with Crippen molar-refractivity contribution in [2.24, 2.45) is 0 Å². The summed E-state index contributed by atoms with van der Waals surface area (Å²) in [5.41, 5.74) is 4.23. The van der Waals surface area contributed by atoms with Crippen LogP contribution in [0.1, 0.15) is 32.6 Å². The molecule has 0 saturated heterocycles. The van der Waals surface area contributed by atoms with E-state index in [1.165, 1.54) is 12.1 Å². The highest BCUT2D eigenvalue weighted by Crippen LogP contribution is 2.22. The highest BCUT2D eigenvalue weighted by molar-refractivity contribution is 7.89. The lowest BCUT2D eigenvalue weighted by Gasteiger charge is -2.14. The van der Waals surface area contributed by atoms with Crippen molar-refractivity contribution < 1.29 is 22.7 Å². The molecule has 0 atom stereocenters. The number of ether oxygens (including phenoxy) is 1. The van der Waals surface area contributed by atoms with Crippen LogP contribution in [-0.4, -0.2) is 33.3 Å². The summed E-state index contributed by atoms with van der Waals surface area (Å²) in [6, 6.07) is 9.70. The van der Waals surface area contributed by atoms with Gasteiger partial charge in [0.25, 0.3) is 0 Å². The standard InChI is InChI=1S/C20H23NO5S/c1-13-10-14(2)16(4)20(15(13)3)18(22)12-26-19(23)11-21-27(24,25)17-8-6-5-7-9-17/h5-10,21H,11-12H2,1-4H3. The summed E-state index contributed by atoms with van der Waals surface area (Å²) in [5.74, 6) is -1.13. The van der Waals surface area contributed by atoms with E-state index < -0.39 is 29.1 Å². The molecule has 27 heavy (non-hydrogen) atoms. The summed E-state index contributed by atoms with van der Waals surface area (Å²) in [5, 5.41) is 0. The van der Waals surface area contributed by atoms with Gasteiger partial charge in [0, 0.05) is 5.56 Å². The van der Waals surface area contributed by atoms with Gasteiger partial charge in [-0.1, -0.05) is 24.3 Å². The van der Waals surface area contributed by atoms with E-state index in [4.69, 9.17) is 4.74 Å². The molecule has 0 unspecified atom stereocenters. The van der Waals surface area contributed by atoms with Crippen molar-refractivity contribution in [3.05, 3.63) is 64.2 Å². The maximum Gasteiger partial charge on any atom is 0.321 e. The van der Waals surface area contributed by atoms with E-state index in [1.807, 2.05) is 33.8 Å². The average molecular weight is 389 g/mol. The van der Waals surface area contributed by atoms with Gasteiger partial charge in [-0.25, -0.2) is 8.42 Å². The number of rotatable bonds is 7. The van der Waals surface area contributed by atoms with E-state index >= 15 is 0 Å². The van der Waals surface area contributed by atoms with Crippen LogP contribution >= 0.6 is 0 Å². The fourth-order valence-electron chi connectivity index (χ4n) is 2.74. The number of aryl methyl sites for hydroxylation is 2. The summed E-state index contributed by atoms with van der Waals surface area (Å²) in [7, 11) is -3.81. The number of hydrogen-bond acceptors (Lipinski definition) is 5. The van der Waals surface area contributed by atoms with Gasteiger partial charge >= 0.3 is 5.97 Å². The third-order valence-corrected chi connectivity index (χ3v) is 5.89. The highest BCUT2D eigenvalue weighted by Gasteiger charge is 2.19. The summed E-state index contributed by atoms with van der Waals surface area (Å²) in [6.07, 6.45) is 0. The fourth-order valence-corrected chi connectivity index (χ4v) is 3.73. The molecule has 6 nitrogen and oxygen atoms in total. The Hall–Kier alpha value is -2.51. The predicted octanol–water partition coefficient (Wildman–Crippen LogP) is 2.62. The normalized spacial score (nSPS) is 11.3. The van der Waals surface area contributed by atoms with Crippen molar-refractivity contribution in [3.63, 3.8) is 0 Å². The monoisotopic (exact) mass is 389 g/mol. The van der Waals surface area contributed by atoms with Crippen LogP contribution in [0.15, 0.2) is 41.3 Å². The van der Waals surface area contributed by atoms with Gasteiger partial charge < -0.3 is 4.74 Å². The van der Waals surface area contributed by atoms with Crippen molar-refractivity contribution in [2.75, 3.05) is 13.2 Å². The lowest BCUT2D eigenvalue weighted by Crippen LogP contribution is -2.31. The van der Waals surface area contributed by atoms with Gasteiger partial charge in [0.05, 0.1) is 4.90 Å². The third kappa shape index (κ3) is 5.02. The van der Waals surface area contributed by atoms with Gasteiger partial charge in [-0.3, -0.25) is 9.59 Å². The Kier molecular flexibility index (Phi) is 6.51. The number of carbonyl (C=O) groups excluding carboxylic acids is 2. The molecule has 0 aliphatic carbocycles. The minimum absolute atomic E-state index is 0.0513. The molecule has 0 heterocycles. The first-order valence-electron chi connectivity index (χ1n) is 8.44. The molecule has 0 spiro atoms. The van der Waals surface area contributed by atoms with Gasteiger partial charge in [0.15, 0.2) is 6.61 Å². The summed E-state index contributed by atoms with van der Waals surface area (Å²) in [6.45, 7) is 6.56. The Morgan fingerprint density at radius 1 is 0.963 bits per heavy atom. The number of nitrogens with one attached hydrogen (secondary N) is 1. The van der Waals surface area contributed by atoms with Gasteiger partial charge in [-0.15, -0.1) is 0 Å². The lowest BCUT2D eigenvalue weighted by molar-refractivity contribution is -0.141. The van der Waals surface area contributed by atoms with Crippen LogP contribution in [-0.2, 0) is 19.6 Å². The molecule has 0 bridgehead atoms. The van der Waals surface area contributed by atoms with Crippen LogP contribution in [0.4, 0.5) is 0 Å². The quantitative estimate of drug-likeness (QED) is 0.581. The first kappa shape index (κ1) is 20.8. The molecule has 1 N–H and O–H groups in total. The molecule has 2 rings (SSSR count). The maximum atomic E-state index is 12.5. The van der Waals surface area contributed by atoms with E-state index in [0.29, 0.717) is 5.56 Å². The maximum absolute atomic E-state index is 12.5. The molecule has 0 amide bonds. The molecule has 144 valence electrons. The molecular weight excluding hydrogens is 366 g/mol. The molecular formula is C20H23NO5S. The van der Waals surface area contributed by atoms with Crippen molar-refractivity contribution in [1.82, 2.24) is 4.72 Å². The predicted molar refractivity (Wildman–Crippen MR) is 102 cm³/mol. The first-order valence-corrected chi connectivity index (χ1v) is 9.92.